The Balaban J connectivity index is 1.48. The average Bonchev–Trinajstić information content (AvgIpc) is 3.04. The van der Waals surface area contributed by atoms with Crippen LogP contribution < -0.4 is 14.8 Å². The lowest BCUT2D eigenvalue weighted by Gasteiger charge is -2.12. The van der Waals surface area contributed by atoms with Crippen molar-refractivity contribution < 1.29 is 23.9 Å². The zero-order valence-electron chi connectivity index (χ0n) is 17.1. The number of para-hydroxylation sites is 1. The molecule has 0 saturated heterocycles. The van der Waals surface area contributed by atoms with Crippen molar-refractivity contribution in [2.24, 2.45) is 0 Å². The van der Waals surface area contributed by atoms with Crippen LogP contribution in [-0.4, -0.2) is 31.2 Å². The van der Waals surface area contributed by atoms with Crippen LogP contribution in [0.5, 0.6) is 11.5 Å². The molecule has 1 aliphatic rings. The van der Waals surface area contributed by atoms with Crippen molar-refractivity contribution in [1.29, 1.82) is 0 Å². The molecule has 1 amide bonds. The molecule has 0 heterocycles. The van der Waals surface area contributed by atoms with Crippen molar-refractivity contribution in [2.45, 2.75) is 0 Å². The van der Waals surface area contributed by atoms with E-state index in [9.17, 15) is 14.4 Å². The Morgan fingerprint density at radius 3 is 2.25 bits per heavy atom. The molecule has 7 heteroatoms. The maximum atomic E-state index is 12.6. The number of fused-ring (bicyclic) bond motifs is 1. The number of methoxy groups -OCH3 is 1. The van der Waals surface area contributed by atoms with Crippen molar-refractivity contribution in [2.75, 3.05) is 19.0 Å². The molecule has 3 aromatic rings. The standard InChI is InChI=1S/C25H18ClNO5/c1-31-22-13-15(12-18-24(29)16-6-2-3-7-17(16)25(18)30)10-11-21(22)32-14-23(28)27-20-9-5-4-8-19(20)26/h2-13H,14H2,1H3,(H,27,28). The number of hydrogen-bond donors (Lipinski definition) is 1. The van der Waals surface area contributed by atoms with Crippen LogP contribution in [0.25, 0.3) is 6.08 Å². The Morgan fingerprint density at radius 2 is 1.59 bits per heavy atom. The number of allylic oxidation sites excluding steroid dienone is 1. The zero-order chi connectivity index (χ0) is 22.7. The molecule has 0 aromatic heterocycles. The van der Waals surface area contributed by atoms with E-state index in [-0.39, 0.29) is 29.7 Å². The number of amides is 1. The number of hydrogen-bond acceptors (Lipinski definition) is 5. The van der Waals surface area contributed by atoms with Gasteiger partial charge in [-0.2, -0.15) is 0 Å². The van der Waals surface area contributed by atoms with Gasteiger partial charge in [-0.1, -0.05) is 54.1 Å². The number of Topliss-reactive ketones (excluding diaryl/α,β-unsaturated/α-hetero) is 2. The molecule has 32 heavy (non-hydrogen) atoms. The highest BCUT2D eigenvalue weighted by molar-refractivity contribution is 6.41. The number of carbonyl (C=O) groups is 3. The second-order valence-corrected chi connectivity index (χ2v) is 7.40. The third-order valence-electron chi connectivity index (χ3n) is 4.91. The van der Waals surface area contributed by atoms with E-state index in [0.717, 1.165) is 0 Å². The zero-order valence-corrected chi connectivity index (χ0v) is 17.8. The third kappa shape index (κ3) is 4.26. The molecular weight excluding hydrogens is 430 g/mol. The smallest absolute Gasteiger partial charge is 0.262 e. The molecule has 0 bridgehead atoms. The van der Waals surface area contributed by atoms with Gasteiger partial charge in [-0.05, 0) is 35.9 Å². The fraction of sp³-hybridized carbons (Fsp3) is 0.0800. The highest BCUT2D eigenvalue weighted by Crippen LogP contribution is 2.32. The topological polar surface area (TPSA) is 81.7 Å². The number of anilines is 1. The van der Waals surface area contributed by atoms with Gasteiger partial charge in [0, 0.05) is 11.1 Å². The highest BCUT2D eigenvalue weighted by Gasteiger charge is 2.32. The molecule has 0 spiro atoms. The summed E-state index contributed by atoms with van der Waals surface area (Å²) in [5, 5.41) is 3.10. The number of ketones is 2. The molecule has 0 saturated carbocycles. The van der Waals surface area contributed by atoms with Gasteiger partial charge >= 0.3 is 0 Å². The van der Waals surface area contributed by atoms with Crippen molar-refractivity contribution >= 4 is 40.8 Å². The van der Waals surface area contributed by atoms with Crippen LogP contribution in [0.4, 0.5) is 5.69 Å². The molecular formula is C25H18ClNO5. The Hall–Kier alpha value is -3.90. The first-order valence-corrected chi connectivity index (χ1v) is 10.1. The second-order valence-electron chi connectivity index (χ2n) is 6.99. The lowest BCUT2D eigenvalue weighted by molar-refractivity contribution is -0.118. The minimum absolute atomic E-state index is 0.0982. The van der Waals surface area contributed by atoms with Gasteiger partial charge in [-0.15, -0.1) is 0 Å². The maximum absolute atomic E-state index is 12.6. The predicted molar refractivity (Wildman–Crippen MR) is 122 cm³/mol. The first-order valence-electron chi connectivity index (χ1n) is 9.73. The van der Waals surface area contributed by atoms with Gasteiger partial charge in [0.05, 0.1) is 23.4 Å². The van der Waals surface area contributed by atoms with Crippen LogP contribution in [0.15, 0.2) is 72.3 Å². The second kappa shape index (κ2) is 9.08. The molecule has 0 unspecified atom stereocenters. The third-order valence-corrected chi connectivity index (χ3v) is 5.24. The van der Waals surface area contributed by atoms with Gasteiger partial charge in [0.1, 0.15) is 0 Å². The molecule has 160 valence electrons. The van der Waals surface area contributed by atoms with E-state index in [1.165, 1.54) is 13.2 Å². The number of rotatable bonds is 6. The van der Waals surface area contributed by atoms with Gasteiger partial charge in [-0.25, -0.2) is 0 Å². The van der Waals surface area contributed by atoms with E-state index in [4.69, 9.17) is 21.1 Å². The van der Waals surface area contributed by atoms with Crippen molar-refractivity contribution in [3.63, 3.8) is 0 Å². The summed E-state index contributed by atoms with van der Waals surface area (Å²) < 4.78 is 10.9. The minimum Gasteiger partial charge on any atom is -0.493 e. The number of nitrogens with one attached hydrogen (secondary N) is 1. The van der Waals surface area contributed by atoms with Crippen molar-refractivity contribution in [3.05, 3.63) is 94.0 Å². The van der Waals surface area contributed by atoms with E-state index < -0.39 is 0 Å². The Bertz CT molecular complexity index is 1230. The molecule has 3 aromatic carbocycles. The fourth-order valence-corrected chi connectivity index (χ4v) is 3.54. The SMILES string of the molecule is COc1cc(C=C2C(=O)c3ccccc3C2=O)ccc1OCC(=O)Nc1ccccc1Cl. The fourth-order valence-electron chi connectivity index (χ4n) is 3.36. The molecule has 6 nitrogen and oxygen atoms in total. The van der Waals surface area contributed by atoms with E-state index in [1.807, 2.05) is 0 Å². The Labute approximate surface area is 189 Å². The maximum Gasteiger partial charge on any atom is 0.262 e. The van der Waals surface area contributed by atoms with Crippen LogP contribution >= 0.6 is 11.6 Å². The molecule has 0 atom stereocenters. The molecule has 0 fully saturated rings. The normalized spacial score (nSPS) is 12.4. The lowest BCUT2D eigenvalue weighted by Crippen LogP contribution is -2.20. The van der Waals surface area contributed by atoms with E-state index in [1.54, 1.807) is 66.7 Å². The number of halogens is 1. The highest BCUT2D eigenvalue weighted by atomic mass is 35.5. The van der Waals surface area contributed by atoms with Crippen molar-refractivity contribution in [3.8, 4) is 11.5 Å². The summed E-state index contributed by atoms with van der Waals surface area (Å²) in [5.41, 5.74) is 1.99. The van der Waals surface area contributed by atoms with E-state index in [0.29, 0.717) is 38.9 Å². The molecule has 1 aliphatic carbocycles. The van der Waals surface area contributed by atoms with Crippen LogP contribution in [0, 0.1) is 0 Å². The molecule has 0 radical (unpaired) electrons. The van der Waals surface area contributed by atoms with Crippen LogP contribution in [0.2, 0.25) is 5.02 Å². The van der Waals surface area contributed by atoms with E-state index >= 15 is 0 Å². The van der Waals surface area contributed by atoms with Gasteiger partial charge in [-0.3, -0.25) is 14.4 Å². The summed E-state index contributed by atoms with van der Waals surface area (Å²) in [7, 11) is 1.46. The summed E-state index contributed by atoms with van der Waals surface area (Å²) in [6, 6.07) is 18.6. The monoisotopic (exact) mass is 447 g/mol. The van der Waals surface area contributed by atoms with Crippen LogP contribution in [-0.2, 0) is 4.79 Å². The number of benzene rings is 3. The van der Waals surface area contributed by atoms with Gasteiger partial charge in [0.25, 0.3) is 5.91 Å². The average molecular weight is 448 g/mol. The summed E-state index contributed by atoms with van der Waals surface area (Å²) in [6.07, 6.45) is 1.53. The Morgan fingerprint density at radius 1 is 0.938 bits per heavy atom. The first kappa shape index (κ1) is 21.3. The summed E-state index contributed by atoms with van der Waals surface area (Å²) in [6.45, 7) is -0.256. The van der Waals surface area contributed by atoms with Crippen LogP contribution in [0.3, 0.4) is 0 Å². The minimum atomic E-state index is -0.383. The molecule has 4 rings (SSSR count). The van der Waals surface area contributed by atoms with Gasteiger partial charge < -0.3 is 14.8 Å². The summed E-state index contributed by atoms with van der Waals surface area (Å²) in [4.78, 5) is 37.4. The Kier molecular flexibility index (Phi) is 6.05. The first-order chi connectivity index (χ1) is 15.5. The molecule has 1 N–H and O–H groups in total. The lowest BCUT2D eigenvalue weighted by atomic mass is 10.1. The summed E-state index contributed by atoms with van der Waals surface area (Å²) in [5.74, 6) is -0.287. The van der Waals surface area contributed by atoms with Gasteiger partial charge in [0.2, 0.25) is 0 Å². The van der Waals surface area contributed by atoms with Gasteiger partial charge in [0.15, 0.2) is 29.7 Å². The summed E-state index contributed by atoms with van der Waals surface area (Å²) >= 11 is 6.04. The quantitative estimate of drug-likeness (QED) is 0.432. The van der Waals surface area contributed by atoms with Crippen LogP contribution in [0.1, 0.15) is 26.3 Å². The molecule has 0 aliphatic heterocycles. The number of ether oxygens (including phenoxy) is 2. The van der Waals surface area contributed by atoms with Crippen molar-refractivity contribution in [1.82, 2.24) is 0 Å². The largest absolute Gasteiger partial charge is 0.493 e. The number of carbonyl (C=O) groups excluding carboxylic acids is 3. The predicted octanol–water partition coefficient (Wildman–Crippen LogP) is 4.83. The van der Waals surface area contributed by atoms with E-state index in [2.05, 4.69) is 5.32 Å².